The lowest BCUT2D eigenvalue weighted by Gasteiger charge is -2.19. The third-order valence-electron chi connectivity index (χ3n) is 2.95. The fourth-order valence-electron chi connectivity index (χ4n) is 2.29. The van der Waals surface area contributed by atoms with E-state index in [1.165, 1.54) is 26.4 Å². The van der Waals surface area contributed by atoms with Gasteiger partial charge in [0.15, 0.2) is 0 Å². The molecule has 2 nitrogen and oxygen atoms in total. The maximum atomic E-state index is 11.2. The Kier molecular flexibility index (Phi) is 7.45. The summed E-state index contributed by atoms with van der Waals surface area (Å²) < 4.78 is 4.73. The van der Waals surface area contributed by atoms with Crippen molar-refractivity contribution in [3.05, 3.63) is 0 Å². The highest BCUT2D eigenvalue weighted by molar-refractivity contribution is 5.71. The van der Waals surface area contributed by atoms with Gasteiger partial charge in [0.2, 0.25) is 0 Å². The molecule has 0 rings (SSSR count). The molecule has 0 aromatic heterocycles. The molecule has 0 bridgehead atoms. The van der Waals surface area contributed by atoms with E-state index in [4.69, 9.17) is 4.74 Å². The van der Waals surface area contributed by atoms with Gasteiger partial charge in [0, 0.05) is 0 Å². The number of esters is 1. The summed E-state index contributed by atoms with van der Waals surface area (Å²) in [5.41, 5.74) is 0. The van der Waals surface area contributed by atoms with Gasteiger partial charge in [-0.05, 0) is 24.7 Å². The molecule has 0 aromatic carbocycles. The SMILES string of the molecule is CCC[C@H](C)C[C@H](C)C[C@@H](C)C(=O)OC. The van der Waals surface area contributed by atoms with E-state index < -0.39 is 0 Å². The Labute approximate surface area is 94.4 Å². The van der Waals surface area contributed by atoms with Crippen LogP contribution < -0.4 is 0 Å². The Hall–Kier alpha value is -0.530. The Morgan fingerprint density at radius 3 is 2.20 bits per heavy atom. The molecule has 0 aliphatic rings. The zero-order valence-corrected chi connectivity index (χ0v) is 10.9. The molecule has 0 aliphatic heterocycles. The molecule has 0 spiro atoms. The Morgan fingerprint density at radius 2 is 1.73 bits per heavy atom. The van der Waals surface area contributed by atoms with Crippen LogP contribution >= 0.6 is 0 Å². The van der Waals surface area contributed by atoms with Crippen LogP contribution in [0.4, 0.5) is 0 Å². The van der Waals surface area contributed by atoms with Gasteiger partial charge < -0.3 is 4.74 Å². The molecular formula is C13H26O2. The first kappa shape index (κ1) is 14.5. The molecule has 0 unspecified atom stereocenters. The molecule has 15 heavy (non-hydrogen) atoms. The van der Waals surface area contributed by atoms with Crippen molar-refractivity contribution >= 4 is 5.97 Å². The quantitative estimate of drug-likeness (QED) is 0.605. The van der Waals surface area contributed by atoms with Crippen molar-refractivity contribution in [3.63, 3.8) is 0 Å². The second kappa shape index (κ2) is 7.72. The van der Waals surface area contributed by atoms with Crippen molar-refractivity contribution in [3.8, 4) is 0 Å². The summed E-state index contributed by atoms with van der Waals surface area (Å²) in [7, 11) is 1.46. The van der Waals surface area contributed by atoms with Crippen molar-refractivity contribution in [2.75, 3.05) is 7.11 Å². The summed E-state index contributed by atoms with van der Waals surface area (Å²) in [5.74, 6) is 1.35. The van der Waals surface area contributed by atoms with Crippen molar-refractivity contribution < 1.29 is 9.53 Å². The first-order valence-corrected chi connectivity index (χ1v) is 6.09. The molecule has 2 heteroatoms. The van der Waals surface area contributed by atoms with Crippen molar-refractivity contribution in [1.82, 2.24) is 0 Å². The van der Waals surface area contributed by atoms with Gasteiger partial charge >= 0.3 is 5.97 Å². The summed E-state index contributed by atoms with van der Waals surface area (Å²) in [5, 5.41) is 0. The lowest BCUT2D eigenvalue weighted by atomic mass is 9.88. The summed E-state index contributed by atoms with van der Waals surface area (Å²) in [6.07, 6.45) is 4.70. The number of methoxy groups -OCH3 is 1. The number of hydrogen-bond acceptors (Lipinski definition) is 2. The first-order valence-electron chi connectivity index (χ1n) is 6.09. The van der Waals surface area contributed by atoms with E-state index >= 15 is 0 Å². The van der Waals surface area contributed by atoms with Crippen molar-refractivity contribution in [2.45, 2.75) is 53.4 Å². The van der Waals surface area contributed by atoms with E-state index in [1.807, 2.05) is 6.92 Å². The Bertz CT molecular complexity index is 177. The van der Waals surface area contributed by atoms with Gasteiger partial charge in [-0.3, -0.25) is 4.79 Å². The molecule has 90 valence electrons. The summed E-state index contributed by atoms with van der Waals surface area (Å²) >= 11 is 0. The minimum Gasteiger partial charge on any atom is -0.469 e. The molecule has 0 aromatic rings. The second-order valence-electron chi connectivity index (χ2n) is 4.89. The van der Waals surface area contributed by atoms with E-state index in [1.54, 1.807) is 0 Å². The third kappa shape index (κ3) is 6.53. The van der Waals surface area contributed by atoms with E-state index in [0.717, 1.165) is 12.3 Å². The van der Waals surface area contributed by atoms with Gasteiger partial charge in [-0.25, -0.2) is 0 Å². The Balaban J connectivity index is 3.81. The fraction of sp³-hybridized carbons (Fsp3) is 0.923. The average molecular weight is 214 g/mol. The molecule has 0 amide bonds. The molecule has 0 fully saturated rings. The van der Waals surface area contributed by atoms with Gasteiger partial charge in [0.05, 0.1) is 13.0 Å². The highest BCUT2D eigenvalue weighted by Gasteiger charge is 2.17. The number of carbonyl (C=O) groups is 1. The predicted octanol–water partition coefficient (Wildman–Crippen LogP) is 3.65. The van der Waals surface area contributed by atoms with E-state index in [-0.39, 0.29) is 11.9 Å². The van der Waals surface area contributed by atoms with Gasteiger partial charge in [-0.15, -0.1) is 0 Å². The molecular weight excluding hydrogens is 188 g/mol. The molecule has 3 atom stereocenters. The number of hydrogen-bond donors (Lipinski definition) is 0. The minimum atomic E-state index is -0.0787. The standard InChI is InChI=1S/C13H26O2/c1-6-7-10(2)8-11(3)9-12(4)13(14)15-5/h10-12H,6-9H2,1-5H3/t10-,11-,12+/m0/s1. The van der Waals surface area contributed by atoms with Crippen molar-refractivity contribution in [1.29, 1.82) is 0 Å². The van der Waals surface area contributed by atoms with E-state index in [9.17, 15) is 4.79 Å². The van der Waals surface area contributed by atoms with Crippen LogP contribution in [0.3, 0.4) is 0 Å². The fourth-order valence-corrected chi connectivity index (χ4v) is 2.29. The maximum Gasteiger partial charge on any atom is 0.308 e. The predicted molar refractivity (Wildman–Crippen MR) is 63.7 cm³/mol. The normalized spacial score (nSPS) is 16.9. The minimum absolute atomic E-state index is 0.0406. The Morgan fingerprint density at radius 1 is 1.13 bits per heavy atom. The molecule has 0 saturated heterocycles. The lowest BCUT2D eigenvalue weighted by molar-refractivity contribution is -0.145. The summed E-state index contributed by atoms with van der Waals surface area (Å²) in [4.78, 5) is 11.2. The monoisotopic (exact) mass is 214 g/mol. The van der Waals surface area contributed by atoms with Gasteiger partial charge in [0.1, 0.15) is 0 Å². The van der Waals surface area contributed by atoms with Gasteiger partial charge in [-0.1, -0.05) is 40.5 Å². The zero-order chi connectivity index (χ0) is 11.8. The zero-order valence-electron chi connectivity index (χ0n) is 10.9. The van der Waals surface area contributed by atoms with Crippen LogP contribution in [0, 0.1) is 17.8 Å². The maximum absolute atomic E-state index is 11.2. The topological polar surface area (TPSA) is 26.3 Å². The van der Waals surface area contributed by atoms with Crippen LogP contribution in [-0.2, 0) is 9.53 Å². The van der Waals surface area contributed by atoms with Crippen LogP contribution in [0.2, 0.25) is 0 Å². The smallest absolute Gasteiger partial charge is 0.308 e. The summed E-state index contributed by atoms with van der Waals surface area (Å²) in [6, 6.07) is 0. The molecule has 0 saturated carbocycles. The lowest BCUT2D eigenvalue weighted by Crippen LogP contribution is -2.16. The molecule has 0 radical (unpaired) electrons. The van der Waals surface area contributed by atoms with Crippen LogP contribution in [0.15, 0.2) is 0 Å². The van der Waals surface area contributed by atoms with E-state index in [0.29, 0.717) is 5.92 Å². The van der Waals surface area contributed by atoms with Crippen LogP contribution in [0.1, 0.15) is 53.4 Å². The van der Waals surface area contributed by atoms with E-state index in [2.05, 4.69) is 20.8 Å². The van der Waals surface area contributed by atoms with Gasteiger partial charge in [0.25, 0.3) is 0 Å². The third-order valence-corrected chi connectivity index (χ3v) is 2.95. The average Bonchev–Trinajstić information content (AvgIpc) is 2.16. The molecule has 0 N–H and O–H groups in total. The number of ether oxygens (including phenoxy) is 1. The second-order valence-corrected chi connectivity index (χ2v) is 4.89. The van der Waals surface area contributed by atoms with Crippen molar-refractivity contribution in [2.24, 2.45) is 17.8 Å². The highest BCUT2D eigenvalue weighted by Crippen LogP contribution is 2.22. The van der Waals surface area contributed by atoms with Crippen LogP contribution in [-0.4, -0.2) is 13.1 Å². The highest BCUT2D eigenvalue weighted by atomic mass is 16.5. The van der Waals surface area contributed by atoms with Crippen LogP contribution in [0.25, 0.3) is 0 Å². The largest absolute Gasteiger partial charge is 0.469 e. The van der Waals surface area contributed by atoms with Crippen LogP contribution in [0.5, 0.6) is 0 Å². The molecule has 0 heterocycles. The first-order chi connectivity index (χ1) is 7.01. The van der Waals surface area contributed by atoms with Gasteiger partial charge in [-0.2, -0.15) is 0 Å². The summed E-state index contributed by atoms with van der Waals surface area (Å²) in [6.45, 7) is 8.69. The number of carbonyl (C=O) groups excluding carboxylic acids is 1. The molecule has 0 aliphatic carbocycles. The number of rotatable bonds is 7.